The predicted molar refractivity (Wildman–Crippen MR) is 126 cm³/mol. The highest BCUT2D eigenvalue weighted by molar-refractivity contribution is 5.90. The summed E-state index contributed by atoms with van der Waals surface area (Å²) in [6, 6.07) is 7.05. The number of hydrogen-bond donors (Lipinski definition) is 2. The molecule has 0 radical (unpaired) electrons. The fraction of sp³-hybridized carbons (Fsp3) is 0.615. The number of amides is 1. The highest BCUT2D eigenvalue weighted by Gasteiger charge is 2.05. The van der Waals surface area contributed by atoms with Gasteiger partial charge in [0.2, 0.25) is 5.91 Å². The van der Waals surface area contributed by atoms with E-state index in [4.69, 9.17) is 5.11 Å². The molecule has 0 atom stereocenters. The van der Waals surface area contributed by atoms with E-state index in [9.17, 15) is 9.59 Å². The van der Waals surface area contributed by atoms with Crippen LogP contribution in [0.5, 0.6) is 0 Å². The molecular weight excluding hydrogens is 374 g/mol. The van der Waals surface area contributed by atoms with Gasteiger partial charge in [-0.15, -0.1) is 0 Å². The van der Waals surface area contributed by atoms with Crippen LogP contribution in [0.2, 0.25) is 0 Å². The number of carbonyl (C=O) groups excluding carboxylic acids is 1. The molecule has 0 aromatic heterocycles. The highest BCUT2D eigenvalue weighted by Crippen LogP contribution is 2.13. The average Bonchev–Trinajstić information content (AvgIpc) is 2.70. The van der Waals surface area contributed by atoms with E-state index in [1.807, 2.05) is 0 Å². The fourth-order valence-corrected chi connectivity index (χ4v) is 3.51. The summed E-state index contributed by atoms with van der Waals surface area (Å²) in [5.41, 5.74) is 1.37. The lowest BCUT2D eigenvalue weighted by atomic mass is 10.1. The van der Waals surface area contributed by atoms with Crippen LogP contribution >= 0.6 is 0 Å². The third-order valence-electron chi connectivity index (χ3n) is 5.23. The maximum Gasteiger partial charge on any atom is 0.307 e. The van der Waals surface area contributed by atoms with Crippen LogP contribution in [-0.4, -0.2) is 17.0 Å². The molecule has 0 saturated carbocycles. The Hall–Kier alpha value is -2.10. The first-order valence-corrected chi connectivity index (χ1v) is 11.9. The van der Waals surface area contributed by atoms with Crippen molar-refractivity contribution < 1.29 is 14.7 Å². The van der Waals surface area contributed by atoms with Crippen molar-refractivity contribution in [3.05, 3.63) is 42.0 Å². The molecule has 0 heterocycles. The second kappa shape index (κ2) is 17.7. The topological polar surface area (TPSA) is 66.4 Å². The lowest BCUT2D eigenvalue weighted by Crippen LogP contribution is -2.11. The SMILES string of the molecule is CCCCCCCC/C=C/CCCCCCCC(=O)Nc1cccc(CC(=O)O)c1. The maximum absolute atomic E-state index is 12.0. The van der Waals surface area contributed by atoms with Gasteiger partial charge in [-0.25, -0.2) is 0 Å². The Balaban J connectivity index is 1.97. The third kappa shape index (κ3) is 14.8. The van der Waals surface area contributed by atoms with E-state index in [0.717, 1.165) is 12.8 Å². The van der Waals surface area contributed by atoms with Crippen LogP contribution in [-0.2, 0) is 16.0 Å². The summed E-state index contributed by atoms with van der Waals surface area (Å²) >= 11 is 0. The molecule has 0 aliphatic carbocycles. The molecule has 1 amide bonds. The van der Waals surface area contributed by atoms with Crippen LogP contribution in [0.3, 0.4) is 0 Å². The van der Waals surface area contributed by atoms with Gasteiger partial charge >= 0.3 is 5.97 Å². The first-order valence-electron chi connectivity index (χ1n) is 11.9. The molecule has 1 rings (SSSR count). The van der Waals surface area contributed by atoms with Gasteiger partial charge in [-0.05, 0) is 49.8 Å². The largest absolute Gasteiger partial charge is 0.481 e. The molecule has 0 saturated heterocycles. The minimum absolute atomic E-state index is 0.0000948. The van der Waals surface area contributed by atoms with Gasteiger partial charge in [0.15, 0.2) is 0 Å². The summed E-state index contributed by atoms with van der Waals surface area (Å²) in [6.45, 7) is 2.26. The van der Waals surface area contributed by atoms with Crippen molar-refractivity contribution in [3.8, 4) is 0 Å². The number of hydrogen-bond acceptors (Lipinski definition) is 2. The van der Waals surface area contributed by atoms with Crippen molar-refractivity contribution in [2.75, 3.05) is 5.32 Å². The normalized spacial score (nSPS) is 11.1. The van der Waals surface area contributed by atoms with Gasteiger partial charge in [0.25, 0.3) is 0 Å². The highest BCUT2D eigenvalue weighted by atomic mass is 16.4. The zero-order chi connectivity index (χ0) is 21.9. The van der Waals surface area contributed by atoms with Gasteiger partial charge in [-0.3, -0.25) is 9.59 Å². The molecule has 0 spiro atoms. The Morgan fingerprint density at radius 2 is 1.47 bits per heavy atom. The van der Waals surface area contributed by atoms with Crippen LogP contribution in [0, 0.1) is 0 Å². The number of carboxylic acids is 1. The molecule has 0 bridgehead atoms. The third-order valence-corrected chi connectivity index (χ3v) is 5.23. The number of rotatable bonds is 18. The minimum Gasteiger partial charge on any atom is -0.481 e. The van der Waals surface area contributed by atoms with E-state index in [1.54, 1.807) is 24.3 Å². The first kappa shape index (κ1) is 25.9. The minimum atomic E-state index is -0.869. The van der Waals surface area contributed by atoms with Gasteiger partial charge in [0.05, 0.1) is 6.42 Å². The van der Waals surface area contributed by atoms with Crippen molar-refractivity contribution in [1.82, 2.24) is 0 Å². The molecule has 168 valence electrons. The van der Waals surface area contributed by atoms with E-state index in [-0.39, 0.29) is 12.3 Å². The van der Waals surface area contributed by atoms with Crippen LogP contribution < -0.4 is 5.32 Å². The molecule has 0 unspecified atom stereocenters. The van der Waals surface area contributed by atoms with Crippen molar-refractivity contribution in [2.24, 2.45) is 0 Å². The van der Waals surface area contributed by atoms with Crippen molar-refractivity contribution >= 4 is 17.6 Å². The molecule has 4 heteroatoms. The molecule has 0 fully saturated rings. The summed E-state index contributed by atoms with van der Waals surface area (Å²) in [7, 11) is 0. The number of benzene rings is 1. The number of aliphatic carboxylic acids is 1. The molecular formula is C26H41NO3. The molecule has 1 aromatic carbocycles. The number of nitrogens with one attached hydrogen (secondary N) is 1. The van der Waals surface area contributed by atoms with Crippen molar-refractivity contribution in [3.63, 3.8) is 0 Å². The lowest BCUT2D eigenvalue weighted by molar-refractivity contribution is -0.136. The molecule has 0 aliphatic rings. The Morgan fingerprint density at radius 1 is 0.867 bits per heavy atom. The van der Waals surface area contributed by atoms with E-state index in [1.165, 1.54) is 70.6 Å². The Labute approximate surface area is 183 Å². The smallest absolute Gasteiger partial charge is 0.307 e. The monoisotopic (exact) mass is 415 g/mol. The van der Waals surface area contributed by atoms with Gasteiger partial charge in [0.1, 0.15) is 0 Å². The van der Waals surface area contributed by atoms with E-state index in [2.05, 4.69) is 24.4 Å². The number of allylic oxidation sites excluding steroid dienone is 2. The Kier molecular flexibility index (Phi) is 15.3. The fourth-order valence-electron chi connectivity index (χ4n) is 3.51. The molecule has 0 aliphatic heterocycles. The quantitative estimate of drug-likeness (QED) is 0.195. The molecule has 1 aromatic rings. The standard InChI is InChI=1S/C26H41NO3/c1-2-3-4-5-6-7-8-9-10-11-12-13-14-15-16-20-25(28)27-24-19-17-18-23(21-24)22-26(29)30/h9-10,17-19,21H,2-8,11-16,20,22H2,1H3,(H,27,28)(H,29,30)/b10-9+. The van der Waals surface area contributed by atoms with Crippen LogP contribution in [0.4, 0.5) is 5.69 Å². The summed E-state index contributed by atoms with van der Waals surface area (Å²) in [6.07, 6.45) is 21.3. The van der Waals surface area contributed by atoms with E-state index in [0.29, 0.717) is 17.7 Å². The molecule has 30 heavy (non-hydrogen) atoms. The summed E-state index contributed by atoms with van der Waals surface area (Å²) in [4.78, 5) is 22.8. The maximum atomic E-state index is 12.0. The predicted octanol–water partition coefficient (Wildman–Crippen LogP) is 7.29. The lowest BCUT2D eigenvalue weighted by Gasteiger charge is -2.07. The second-order valence-electron chi connectivity index (χ2n) is 8.15. The number of anilines is 1. The van der Waals surface area contributed by atoms with Crippen molar-refractivity contribution in [2.45, 2.75) is 103 Å². The summed E-state index contributed by atoms with van der Waals surface area (Å²) in [5.74, 6) is -0.869. The summed E-state index contributed by atoms with van der Waals surface area (Å²) in [5, 5.41) is 11.7. The Bertz CT molecular complexity index is 624. The summed E-state index contributed by atoms with van der Waals surface area (Å²) < 4.78 is 0. The zero-order valence-electron chi connectivity index (χ0n) is 18.8. The van der Waals surface area contributed by atoms with Gasteiger partial charge in [-0.2, -0.15) is 0 Å². The van der Waals surface area contributed by atoms with Crippen LogP contribution in [0.15, 0.2) is 36.4 Å². The number of carbonyl (C=O) groups is 2. The molecule has 4 nitrogen and oxygen atoms in total. The number of unbranched alkanes of at least 4 members (excludes halogenated alkanes) is 11. The van der Waals surface area contributed by atoms with Gasteiger partial charge in [0, 0.05) is 12.1 Å². The molecule has 2 N–H and O–H groups in total. The Morgan fingerprint density at radius 3 is 2.10 bits per heavy atom. The van der Waals surface area contributed by atoms with E-state index >= 15 is 0 Å². The van der Waals surface area contributed by atoms with Gasteiger partial charge < -0.3 is 10.4 Å². The zero-order valence-corrected chi connectivity index (χ0v) is 18.8. The second-order valence-corrected chi connectivity index (χ2v) is 8.15. The number of carboxylic acid groups (broad SMARTS) is 1. The van der Waals surface area contributed by atoms with Crippen LogP contribution in [0.1, 0.15) is 102 Å². The first-order chi connectivity index (χ1) is 14.6. The van der Waals surface area contributed by atoms with Crippen LogP contribution in [0.25, 0.3) is 0 Å². The van der Waals surface area contributed by atoms with Gasteiger partial charge in [-0.1, -0.05) is 82.6 Å². The average molecular weight is 416 g/mol. The van der Waals surface area contributed by atoms with E-state index < -0.39 is 5.97 Å². The van der Waals surface area contributed by atoms with Crippen molar-refractivity contribution in [1.29, 1.82) is 0 Å².